The number of ether oxygens (including phenoxy) is 1. The Morgan fingerprint density at radius 2 is 1.78 bits per heavy atom. The summed E-state index contributed by atoms with van der Waals surface area (Å²) in [6.07, 6.45) is 8.52. The fourth-order valence-corrected chi connectivity index (χ4v) is 5.47. The number of carbonyl (C=O) groups excluding carboxylic acids is 2. The number of aromatic hydroxyl groups is 1. The number of ketones is 1. The second kappa shape index (κ2) is 7.80. The van der Waals surface area contributed by atoms with Gasteiger partial charge in [-0.3, -0.25) is 4.79 Å². The number of esters is 1. The van der Waals surface area contributed by atoms with Gasteiger partial charge < -0.3 is 14.9 Å². The van der Waals surface area contributed by atoms with Crippen molar-refractivity contribution in [2.75, 3.05) is 6.61 Å². The monoisotopic (exact) mass is 434 g/mol. The van der Waals surface area contributed by atoms with Crippen LogP contribution < -0.4 is 0 Å². The van der Waals surface area contributed by atoms with Crippen LogP contribution in [0.25, 0.3) is 0 Å². The molecule has 3 aliphatic rings. The predicted molar refractivity (Wildman–Crippen MR) is 122 cm³/mol. The SMILES string of the molecule is CC(C)C1=CC2=CC=C3C(C)(COC(=O)c4ccc(O)cc4)CCCC3(C)C2=C(O)C1=O. The van der Waals surface area contributed by atoms with Gasteiger partial charge in [-0.05, 0) is 54.7 Å². The van der Waals surface area contributed by atoms with Gasteiger partial charge in [-0.15, -0.1) is 0 Å². The van der Waals surface area contributed by atoms with Crippen LogP contribution in [0, 0.1) is 16.7 Å². The second-order valence-electron chi connectivity index (χ2n) is 9.88. The van der Waals surface area contributed by atoms with E-state index in [9.17, 15) is 19.8 Å². The second-order valence-corrected chi connectivity index (χ2v) is 9.88. The average molecular weight is 435 g/mol. The van der Waals surface area contributed by atoms with Crippen LogP contribution in [0.5, 0.6) is 5.75 Å². The Hall–Kier alpha value is -3.08. The number of hydrogen-bond donors (Lipinski definition) is 2. The van der Waals surface area contributed by atoms with E-state index in [1.165, 1.54) is 24.3 Å². The molecule has 0 aliphatic heterocycles. The van der Waals surface area contributed by atoms with E-state index in [2.05, 4.69) is 19.9 Å². The third kappa shape index (κ3) is 3.50. The summed E-state index contributed by atoms with van der Waals surface area (Å²) in [4.78, 5) is 25.5. The lowest BCUT2D eigenvalue weighted by Crippen LogP contribution is -2.43. The standard InChI is InChI=1S/C27H30O5/c1-16(2)20-14-18-8-11-21-26(3,15-32-25(31)17-6-9-19(28)10-7-17)12-5-13-27(21,4)22(18)24(30)23(20)29/h6-11,14,16,28,30H,5,12-13,15H2,1-4H3. The number of rotatable bonds is 4. The highest BCUT2D eigenvalue weighted by molar-refractivity contribution is 6.10. The van der Waals surface area contributed by atoms with E-state index < -0.39 is 16.8 Å². The largest absolute Gasteiger partial charge is 0.508 e. The van der Waals surface area contributed by atoms with Crippen molar-refractivity contribution < 1.29 is 24.5 Å². The predicted octanol–water partition coefficient (Wildman–Crippen LogP) is 5.59. The first kappa shape index (κ1) is 22.1. The lowest BCUT2D eigenvalue weighted by molar-refractivity contribution is -0.115. The van der Waals surface area contributed by atoms with Crippen LogP contribution in [0.3, 0.4) is 0 Å². The molecule has 1 aromatic carbocycles. The molecule has 0 aromatic heterocycles. The van der Waals surface area contributed by atoms with Crippen LogP contribution in [-0.4, -0.2) is 28.6 Å². The maximum absolute atomic E-state index is 12.9. The van der Waals surface area contributed by atoms with Crippen LogP contribution in [0.4, 0.5) is 0 Å². The Kier molecular flexibility index (Phi) is 5.40. The molecule has 168 valence electrons. The first-order chi connectivity index (χ1) is 15.1. The Bertz CT molecular complexity index is 1100. The van der Waals surface area contributed by atoms with Crippen molar-refractivity contribution in [2.45, 2.75) is 47.0 Å². The lowest BCUT2D eigenvalue weighted by atomic mass is 9.54. The highest BCUT2D eigenvalue weighted by atomic mass is 16.5. The number of aliphatic hydroxyl groups excluding tert-OH is 1. The van der Waals surface area contributed by atoms with E-state index >= 15 is 0 Å². The molecule has 0 amide bonds. The number of hydrogen-bond acceptors (Lipinski definition) is 5. The minimum Gasteiger partial charge on any atom is -0.508 e. The smallest absolute Gasteiger partial charge is 0.338 e. The van der Waals surface area contributed by atoms with E-state index in [1.807, 2.05) is 26.0 Å². The summed E-state index contributed by atoms with van der Waals surface area (Å²) in [5.74, 6) is -0.760. The van der Waals surface area contributed by atoms with Crippen molar-refractivity contribution in [3.05, 3.63) is 76.1 Å². The third-order valence-electron chi connectivity index (χ3n) is 7.19. The first-order valence-electron chi connectivity index (χ1n) is 11.2. The Morgan fingerprint density at radius 3 is 2.44 bits per heavy atom. The quantitative estimate of drug-likeness (QED) is 0.604. The number of allylic oxidation sites excluding steroid dienone is 6. The molecule has 4 rings (SSSR count). The molecule has 0 saturated heterocycles. The summed E-state index contributed by atoms with van der Waals surface area (Å²) in [6.45, 7) is 8.27. The fraction of sp³-hybridized carbons (Fsp3) is 0.407. The molecule has 0 radical (unpaired) electrons. The van der Waals surface area contributed by atoms with E-state index in [4.69, 9.17) is 4.74 Å². The molecule has 0 heterocycles. The Balaban J connectivity index is 1.66. The minimum absolute atomic E-state index is 0.0289. The number of carbonyl (C=O) groups is 2. The summed E-state index contributed by atoms with van der Waals surface area (Å²) < 4.78 is 5.70. The molecule has 2 atom stereocenters. The van der Waals surface area contributed by atoms with E-state index in [-0.39, 0.29) is 29.8 Å². The molecule has 3 aliphatic carbocycles. The molecule has 0 spiro atoms. The molecule has 32 heavy (non-hydrogen) atoms. The van der Waals surface area contributed by atoms with E-state index in [1.54, 1.807) is 0 Å². The minimum atomic E-state index is -0.499. The van der Waals surface area contributed by atoms with Gasteiger partial charge in [0.1, 0.15) is 12.4 Å². The maximum atomic E-state index is 12.9. The van der Waals surface area contributed by atoms with Crippen LogP contribution in [0.1, 0.15) is 57.3 Å². The zero-order chi connectivity index (χ0) is 23.3. The van der Waals surface area contributed by atoms with Gasteiger partial charge in [0.2, 0.25) is 5.78 Å². The third-order valence-corrected chi connectivity index (χ3v) is 7.19. The molecular weight excluding hydrogens is 404 g/mol. The van der Waals surface area contributed by atoms with Gasteiger partial charge in [0.15, 0.2) is 5.76 Å². The zero-order valence-corrected chi connectivity index (χ0v) is 19.1. The van der Waals surface area contributed by atoms with Gasteiger partial charge in [0, 0.05) is 22.0 Å². The van der Waals surface area contributed by atoms with Crippen molar-refractivity contribution in [1.82, 2.24) is 0 Å². The van der Waals surface area contributed by atoms with Crippen molar-refractivity contribution >= 4 is 11.8 Å². The zero-order valence-electron chi connectivity index (χ0n) is 19.1. The molecular formula is C27H30O5. The maximum Gasteiger partial charge on any atom is 0.338 e. The van der Waals surface area contributed by atoms with Gasteiger partial charge in [-0.2, -0.15) is 0 Å². The van der Waals surface area contributed by atoms with Crippen molar-refractivity contribution in [2.24, 2.45) is 16.7 Å². The number of aliphatic hydroxyl groups is 1. The van der Waals surface area contributed by atoms with Crippen molar-refractivity contribution in [3.8, 4) is 5.75 Å². The van der Waals surface area contributed by atoms with Gasteiger partial charge in [-0.25, -0.2) is 4.79 Å². The Morgan fingerprint density at radius 1 is 1.09 bits per heavy atom. The Labute approximate surface area is 188 Å². The summed E-state index contributed by atoms with van der Waals surface area (Å²) in [6, 6.07) is 5.99. The summed E-state index contributed by atoms with van der Waals surface area (Å²) in [7, 11) is 0. The first-order valence-corrected chi connectivity index (χ1v) is 11.2. The van der Waals surface area contributed by atoms with E-state index in [0.29, 0.717) is 16.7 Å². The number of Topliss-reactive ketones (excluding diaryl/α,β-unsaturated/α-hetero) is 1. The molecule has 1 saturated carbocycles. The van der Waals surface area contributed by atoms with E-state index in [0.717, 1.165) is 30.4 Å². The molecule has 2 unspecified atom stereocenters. The summed E-state index contributed by atoms with van der Waals surface area (Å²) in [5, 5.41) is 20.4. The molecule has 2 N–H and O–H groups in total. The number of phenols is 1. The molecule has 5 heteroatoms. The van der Waals surface area contributed by atoms with Crippen LogP contribution in [0.15, 0.2) is 70.5 Å². The summed E-state index contributed by atoms with van der Waals surface area (Å²) >= 11 is 0. The summed E-state index contributed by atoms with van der Waals surface area (Å²) in [5.41, 5.74) is 2.76. The molecule has 1 fully saturated rings. The number of fused-ring (bicyclic) bond motifs is 3. The van der Waals surface area contributed by atoms with Gasteiger partial charge in [0.05, 0.1) is 5.56 Å². The molecule has 1 aromatic rings. The molecule has 5 nitrogen and oxygen atoms in total. The molecule has 0 bridgehead atoms. The van der Waals surface area contributed by atoms with Gasteiger partial charge in [0.25, 0.3) is 0 Å². The average Bonchev–Trinajstić information content (AvgIpc) is 2.74. The van der Waals surface area contributed by atoms with Crippen LogP contribution in [0.2, 0.25) is 0 Å². The number of benzene rings is 1. The van der Waals surface area contributed by atoms with Gasteiger partial charge >= 0.3 is 5.97 Å². The topological polar surface area (TPSA) is 83.8 Å². The normalized spacial score (nSPS) is 27.3. The number of phenolic OH excluding ortho intramolecular Hbond substituents is 1. The van der Waals surface area contributed by atoms with Crippen molar-refractivity contribution in [1.29, 1.82) is 0 Å². The highest BCUT2D eigenvalue weighted by Crippen LogP contribution is 2.59. The van der Waals surface area contributed by atoms with Crippen LogP contribution in [-0.2, 0) is 9.53 Å². The fourth-order valence-electron chi connectivity index (χ4n) is 5.47. The van der Waals surface area contributed by atoms with Crippen LogP contribution >= 0.6 is 0 Å². The van der Waals surface area contributed by atoms with Crippen molar-refractivity contribution in [3.63, 3.8) is 0 Å². The van der Waals surface area contributed by atoms with Gasteiger partial charge in [-0.1, -0.05) is 51.8 Å². The highest BCUT2D eigenvalue weighted by Gasteiger charge is 2.51. The lowest BCUT2D eigenvalue weighted by Gasteiger charge is -2.50.